The van der Waals surface area contributed by atoms with E-state index < -0.39 is 0 Å². The number of hydrogen-bond acceptors (Lipinski definition) is 4. The summed E-state index contributed by atoms with van der Waals surface area (Å²) in [5.41, 5.74) is 1.51. The number of imidazole rings is 1. The van der Waals surface area contributed by atoms with E-state index in [1.807, 2.05) is 0 Å². The van der Waals surface area contributed by atoms with Gasteiger partial charge in [-0.15, -0.1) is 11.6 Å². The van der Waals surface area contributed by atoms with E-state index in [9.17, 15) is 0 Å². The lowest BCUT2D eigenvalue weighted by Gasteiger charge is -2.16. The molecule has 0 radical (unpaired) electrons. The number of aromatic nitrogens is 4. The highest BCUT2D eigenvalue weighted by molar-refractivity contribution is 6.16. The first kappa shape index (κ1) is 16.0. The molecule has 0 aromatic carbocycles. The largest absolute Gasteiger partial charge is 0.479 e. The Labute approximate surface area is 130 Å². The predicted octanol–water partition coefficient (Wildman–Crippen LogP) is 3.79. The minimum atomic E-state index is 0.365. The van der Waals surface area contributed by atoms with Crippen LogP contribution < -0.4 is 4.74 Å². The number of hydrogen-bond donors (Lipinski definition) is 0. The van der Waals surface area contributed by atoms with Gasteiger partial charge in [0, 0.05) is 6.54 Å². The fraction of sp³-hybridized carbons (Fsp3) is 0.667. The molecule has 0 aliphatic carbocycles. The molecular formula is C15H23ClN4O. The summed E-state index contributed by atoms with van der Waals surface area (Å²) in [4.78, 5) is 13.0. The molecule has 0 aliphatic heterocycles. The van der Waals surface area contributed by atoms with Gasteiger partial charge in [-0.25, -0.2) is 9.97 Å². The molecule has 1 unspecified atom stereocenters. The summed E-state index contributed by atoms with van der Waals surface area (Å²) in [6.45, 7) is 5.35. The van der Waals surface area contributed by atoms with Crippen LogP contribution in [0.4, 0.5) is 0 Å². The first-order valence-electron chi connectivity index (χ1n) is 7.55. The molecule has 0 amide bonds. The summed E-state index contributed by atoms with van der Waals surface area (Å²) in [5, 5.41) is 0. The average molecular weight is 311 g/mol. The third-order valence-electron chi connectivity index (χ3n) is 3.87. The fourth-order valence-electron chi connectivity index (χ4n) is 2.58. The van der Waals surface area contributed by atoms with Gasteiger partial charge in [0.25, 0.3) is 0 Å². The van der Waals surface area contributed by atoms with Crippen molar-refractivity contribution in [3.05, 3.63) is 12.2 Å². The standard InChI is InChI=1S/C15H23ClN4O/c1-4-6-7-11(5-2)9-20-12(8-16)19-13-14(20)17-10-18-15(13)21-3/h10-11H,4-9H2,1-3H3. The Morgan fingerprint density at radius 2 is 2.14 bits per heavy atom. The smallest absolute Gasteiger partial charge is 0.245 e. The van der Waals surface area contributed by atoms with E-state index in [2.05, 4.69) is 33.4 Å². The molecule has 2 aromatic heterocycles. The summed E-state index contributed by atoms with van der Waals surface area (Å²) in [5.74, 6) is 2.32. The van der Waals surface area contributed by atoms with Crippen LogP contribution in [0.2, 0.25) is 0 Å². The first-order chi connectivity index (χ1) is 10.2. The second-order valence-electron chi connectivity index (χ2n) is 5.24. The van der Waals surface area contributed by atoms with Crippen LogP contribution in [-0.2, 0) is 12.4 Å². The zero-order chi connectivity index (χ0) is 15.2. The van der Waals surface area contributed by atoms with E-state index in [1.54, 1.807) is 7.11 Å². The second-order valence-corrected chi connectivity index (χ2v) is 5.51. The molecule has 1 atom stereocenters. The Kier molecular flexibility index (Phi) is 5.79. The molecule has 2 heterocycles. The van der Waals surface area contributed by atoms with Crippen LogP contribution in [0.15, 0.2) is 6.33 Å². The molecule has 0 aliphatic rings. The monoisotopic (exact) mass is 310 g/mol. The highest BCUT2D eigenvalue weighted by atomic mass is 35.5. The number of fused-ring (bicyclic) bond motifs is 1. The highest BCUT2D eigenvalue weighted by Gasteiger charge is 2.18. The Hall–Kier alpha value is -1.36. The van der Waals surface area contributed by atoms with E-state index in [-0.39, 0.29) is 0 Å². The molecule has 0 fully saturated rings. The number of alkyl halides is 1. The van der Waals surface area contributed by atoms with Crippen molar-refractivity contribution in [2.24, 2.45) is 5.92 Å². The number of methoxy groups -OCH3 is 1. The molecule has 0 saturated heterocycles. The molecule has 0 N–H and O–H groups in total. The minimum absolute atomic E-state index is 0.365. The molecule has 0 spiro atoms. The Morgan fingerprint density at radius 1 is 1.33 bits per heavy atom. The van der Waals surface area contributed by atoms with Gasteiger partial charge in [0.2, 0.25) is 5.88 Å². The van der Waals surface area contributed by atoms with Crippen molar-refractivity contribution in [3.8, 4) is 5.88 Å². The van der Waals surface area contributed by atoms with Gasteiger partial charge < -0.3 is 9.30 Å². The van der Waals surface area contributed by atoms with Crippen molar-refractivity contribution < 1.29 is 4.74 Å². The average Bonchev–Trinajstić information content (AvgIpc) is 2.88. The van der Waals surface area contributed by atoms with Crippen molar-refractivity contribution in [3.63, 3.8) is 0 Å². The van der Waals surface area contributed by atoms with Crippen LogP contribution >= 0.6 is 11.6 Å². The fourth-order valence-corrected chi connectivity index (χ4v) is 2.78. The maximum atomic E-state index is 6.06. The Balaban J connectivity index is 2.37. The van der Waals surface area contributed by atoms with Gasteiger partial charge in [-0.3, -0.25) is 0 Å². The number of rotatable bonds is 8. The maximum absolute atomic E-state index is 6.06. The SMILES string of the molecule is CCCCC(CC)Cn1c(CCl)nc2c(OC)ncnc21. The van der Waals surface area contributed by atoms with Gasteiger partial charge in [0.15, 0.2) is 11.2 Å². The van der Waals surface area contributed by atoms with Crippen molar-refractivity contribution in [1.82, 2.24) is 19.5 Å². The molecule has 5 nitrogen and oxygen atoms in total. The molecule has 0 saturated carbocycles. The van der Waals surface area contributed by atoms with Crippen LogP contribution in [0, 0.1) is 5.92 Å². The van der Waals surface area contributed by atoms with E-state index in [0.29, 0.717) is 23.2 Å². The topological polar surface area (TPSA) is 52.8 Å². The van der Waals surface area contributed by atoms with Crippen LogP contribution in [0.25, 0.3) is 11.2 Å². The zero-order valence-corrected chi connectivity index (χ0v) is 13.7. The highest BCUT2D eigenvalue weighted by Crippen LogP contribution is 2.25. The van der Waals surface area contributed by atoms with Crippen LogP contribution in [0.1, 0.15) is 45.4 Å². The number of halogens is 1. The summed E-state index contributed by atoms with van der Waals surface area (Å²) in [7, 11) is 1.59. The van der Waals surface area contributed by atoms with Crippen molar-refractivity contribution >= 4 is 22.8 Å². The zero-order valence-electron chi connectivity index (χ0n) is 13.0. The van der Waals surface area contributed by atoms with E-state index in [4.69, 9.17) is 16.3 Å². The van der Waals surface area contributed by atoms with E-state index >= 15 is 0 Å². The van der Waals surface area contributed by atoms with Crippen molar-refractivity contribution in [1.29, 1.82) is 0 Å². The third-order valence-corrected chi connectivity index (χ3v) is 4.11. The van der Waals surface area contributed by atoms with Gasteiger partial charge in [-0.05, 0) is 12.3 Å². The maximum Gasteiger partial charge on any atom is 0.245 e. The Morgan fingerprint density at radius 3 is 2.76 bits per heavy atom. The van der Waals surface area contributed by atoms with Crippen LogP contribution in [0.5, 0.6) is 5.88 Å². The molecule has 21 heavy (non-hydrogen) atoms. The summed E-state index contributed by atoms with van der Waals surface area (Å²) < 4.78 is 7.39. The number of ether oxygens (including phenoxy) is 1. The number of nitrogens with zero attached hydrogens (tertiary/aromatic N) is 4. The molecule has 116 valence electrons. The van der Waals surface area contributed by atoms with Crippen LogP contribution in [0.3, 0.4) is 0 Å². The minimum Gasteiger partial charge on any atom is -0.479 e. The predicted molar refractivity (Wildman–Crippen MR) is 84.7 cm³/mol. The Bertz CT molecular complexity index is 584. The van der Waals surface area contributed by atoms with Gasteiger partial charge in [0.1, 0.15) is 12.2 Å². The summed E-state index contributed by atoms with van der Waals surface area (Å²) in [6, 6.07) is 0. The summed E-state index contributed by atoms with van der Waals surface area (Å²) in [6.07, 6.45) is 6.35. The molecule has 2 rings (SSSR count). The lowest BCUT2D eigenvalue weighted by atomic mass is 9.99. The lowest BCUT2D eigenvalue weighted by molar-refractivity contribution is 0.390. The van der Waals surface area contributed by atoms with Gasteiger partial charge in [0.05, 0.1) is 13.0 Å². The molecule has 0 bridgehead atoms. The van der Waals surface area contributed by atoms with Gasteiger partial charge in [-0.1, -0.05) is 33.1 Å². The number of unbranched alkanes of at least 4 members (excludes halogenated alkanes) is 1. The van der Waals surface area contributed by atoms with Crippen molar-refractivity contribution in [2.75, 3.05) is 7.11 Å². The molecule has 2 aromatic rings. The summed E-state index contributed by atoms with van der Waals surface area (Å²) >= 11 is 6.06. The molecular weight excluding hydrogens is 288 g/mol. The first-order valence-corrected chi connectivity index (χ1v) is 8.08. The van der Waals surface area contributed by atoms with E-state index in [0.717, 1.165) is 24.4 Å². The third kappa shape index (κ3) is 3.46. The second kappa shape index (κ2) is 7.59. The molecule has 6 heteroatoms. The van der Waals surface area contributed by atoms with E-state index in [1.165, 1.54) is 25.6 Å². The van der Waals surface area contributed by atoms with Crippen LogP contribution in [-0.4, -0.2) is 26.6 Å². The normalized spacial score (nSPS) is 12.8. The van der Waals surface area contributed by atoms with Gasteiger partial charge in [-0.2, -0.15) is 4.98 Å². The van der Waals surface area contributed by atoms with Gasteiger partial charge >= 0.3 is 0 Å². The lowest BCUT2D eigenvalue weighted by Crippen LogP contribution is -2.13. The van der Waals surface area contributed by atoms with Crippen molar-refractivity contribution in [2.45, 2.75) is 52.0 Å². The quantitative estimate of drug-likeness (QED) is 0.696.